The number of benzene rings is 2. The summed E-state index contributed by atoms with van der Waals surface area (Å²) in [5.74, 6) is -0.202. The van der Waals surface area contributed by atoms with E-state index in [2.05, 4.69) is 27.1 Å². The van der Waals surface area contributed by atoms with Crippen molar-refractivity contribution in [3.05, 3.63) is 59.2 Å². The van der Waals surface area contributed by atoms with E-state index in [1.807, 2.05) is 38.1 Å². The predicted molar refractivity (Wildman–Crippen MR) is 109 cm³/mol. The predicted octanol–water partition coefficient (Wildman–Crippen LogP) is 4.48. The number of amides is 1. The first-order valence-electron chi connectivity index (χ1n) is 9.51. The van der Waals surface area contributed by atoms with Gasteiger partial charge in [0.15, 0.2) is 0 Å². The smallest absolute Gasteiger partial charge is 0.258 e. The third kappa shape index (κ3) is 3.54. The Balaban J connectivity index is 1.59. The second kappa shape index (κ2) is 7.19. The number of aromatic nitrogens is 2. The van der Waals surface area contributed by atoms with E-state index >= 15 is 0 Å². The Kier molecular flexibility index (Phi) is 4.71. The molecular weight excluding hydrogens is 355 g/mol. The molecule has 1 atom stereocenters. The van der Waals surface area contributed by atoms with Crippen LogP contribution < -0.4 is 10.2 Å². The molecule has 28 heavy (non-hydrogen) atoms. The van der Waals surface area contributed by atoms with Crippen molar-refractivity contribution in [2.75, 3.05) is 23.3 Å². The van der Waals surface area contributed by atoms with Crippen LogP contribution >= 0.6 is 0 Å². The first kappa shape index (κ1) is 18.3. The van der Waals surface area contributed by atoms with Crippen molar-refractivity contribution >= 4 is 28.3 Å². The van der Waals surface area contributed by atoms with Crippen LogP contribution in [0.15, 0.2) is 36.4 Å². The highest BCUT2D eigenvalue weighted by Crippen LogP contribution is 2.25. The summed E-state index contributed by atoms with van der Waals surface area (Å²) in [6.07, 6.45) is 1.20. The largest absolute Gasteiger partial charge is 0.371 e. The summed E-state index contributed by atoms with van der Waals surface area (Å²) < 4.78 is 14.0. The Morgan fingerprint density at radius 2 is 1.86 bits per heavy atom. The van der Waals surface area contributed by atoms with Gasteiger partial charge in [-0.25, -0.2) is 14.4 Å². The molecule has 2 aromatic carbocycles. The lowest BCUT2D eigenvalue weighted by atomic mass is 10.1. The lowest BCUT2D eigenvalue weighted by Gasteiger charge is -2.18. The molecular formula is C22H23FN4O. The Morgan fingerprint density at radius 1 is 1.14 bits per heavy atom. The summed E-state index contributed by atoms with van der Waals surface area (Å²) in [5, 5.41) is 2.85. The normalized spacial score (nSPS) is 16.6. The van der Waals surface area contributed by atoms with Crippen LogP contribution in [0.1, 0.15) is 35.1 Å². The van der Waals surface area contributed by atoms with Crippen molar-refractivity contribution in [2.24, 2.45) is 5.92 Å². The number of carbonyl (C=O) groups excluding carboxylic acids is 1. The summed E-state index contributed by atoms with van der Waals surface area (Å²) in [6.45, 7) is 8.00. The molecule has 5 nitrogen and oxygen atoms in total. The Bertz CT molecular complexity index is 1050. The molecule has 144 valence electrons. The van der Waals surface area contributed by atoms with Gasteiger partial charge in [-0.15, -0.1) is 0 Å². The Labute approximate surface area is 163 Å². The maximum atomic E-state index is 14.0. The van der Waals surface area contributed by atoms with Crippen molar-refractivity contribution in [2.45, 2.75) is 27.2 Å². The van der Waals surface area contributed by atoms with Gasteiger partial charge >= 0.3 is 0 Å². The van der Waals surface area contributed by atoms with Crippen molar-refractivity contribution in [3.63, 3.8) is 0 Å². The van der Waals surface area contributed by atoms with E-state index in [4.69, 9.17) is 0 Å². The number of hydrogen-bond acceptors (Lipinski definition) is 4. The zero-order valence-electron chi connectivity index (χ0n) is 16.3. The highest BCUT2D eigenvalue weighted by molar-refractivity contribution is 6.11. The molecule has 2 heterocycles. The average Bonchev–Trinajstić information content (AvgIpc) is 3.09. The first-order chi connectivity index (χ1) is 13.4. The number of halogens is 1. The second-order valence-corrected chi connectivity index (χ2v) is 7.56. The summed E-state index contributed by atoms with van der Waals surface area (Å²) in [5.41, 5.74) is 4.22. The molecule has 1 fully saturated rings. The fourth-order valence-corrected chi connectivity index (χ4v) is 3.59. The molecule has 0 saturated carbocycles. The second-order valence-electron chi connectivity index (χ2n) is 7.56. The molecule has 4 rings (SSSR count). The van der Waals surface area contributed by atoms with Gasteiger partial charge in [0.1, 0.15) is 11.3 Å². The standard InChI is InChI=1S/C22H23FN4O/c1-13-8-9-27(12-13)18-6-4-17(5-7-18)26-22(28)19-10-16(23)11-20-21(19)25-15(3)14(2)24-20/h4-7,10-11,13H,8-9,12H2,1-3H3,(H,26,28). The van der Waals surface area contributed by atoms with Gasteiger partial charge in [-0.2, -0.15) is 0 Å². The van der Waals surface area contributed by atoms with E-state index in [-0.39, 0.29) is 5.56 Å². The molecule has 1 unspecified atom stereocenters. The van der Waals surface area contributed by atoms with Gasteiger partial charge in [0, 0.05) is 30.5 Å². The van der Waals surface area contributed by atoms with Crippen molar-refractivity contribution in [3.8, 4) is 0 Å². The number of rotatable bonds is 3. The lowest BCUT2D eigenvalue weighted by Crippen LogP contribution is -2.19. The molecule has 0 spiro atoms. The van der Waals surface area contributed by atoms with Gasteiger partial charge in [0.2, 0.25) is 0 Å². The molecule has 0 radical (unpaired) electrons. The van der Waals surface area contributed by atoms with Crippen LogP contribution in [0.5, 0.6) is 0 Å². The third-order valence-corrected chi connectivity index (χ3v) is 5.30. The average molecular weight is 378 g/mol. The van der Waals surface area contributed by atoms with Gasteiger partial charge in [-0.05, 0) is 56.5 Å². The molecule has 1 saturated heterocycles. The third-order valence-electron chi connectivity index (χ3n) is 5.30. The molecule has 1 N–H and O–H groups in total. The maximum absolute atomic E-state index is 14.0. The van der Waals surface area contributed by atoms with Crippen LogP contribution in [0.3, 0.4) is 0 Å². The fourth-order valence-electron chi connectivity index (χ4n) is 3.59. The van der Waals surface area contributed by atoms with Crippen molar-refractivity contribution < 1.29 is 9.18 Å². The van der Waals surface area contributed by atoms with Crippen LogP contribution in [0.2, 0.25) is 0 Å². The van der Waals surface area contributed by atoms with Crippen molar-refractivity contribution in [1.82, 2.24) is 9.97 Å². The SMILES string of the molecule is Cc1nc2cc(F)cc(C(=O)Nc3ccc(N4CCC(C)C4)cc3)c2nc1C. The number of fused-ring (bicyclic) bond motifs is 1. The summed E-state index contributed by atoms with van der Waals surface area (Å²) in [7, 11) is 0. The van der Waals surface area contributed by atoms with Gasteiger partial charge in [0.05, 0.1) is 22.5 Å². The molecule has 1 amide bonds. The van der Waals surface area contributed by atoms with E-state index in [0.717, 1.165) is 30.2 Å². The number of carbonyl (C=O) groups is 1. The lowest BCUT2D eigenvalue weighted by molar-refractivity contribution is 0.102. The van der Waals surface area contributed by atoms with Crippen LogP contribution in [0, 0.1) is 25.6 Å². The van der Waals surface area contributed by atoms with Gasteiger partial charge in [0.25, 0.3) is 5.91 Å². The number of anilines is 2. The molecule has 1 aliphatic rings. The number of nitrogens with zero attached hydrogens (tertiary/aromatic N) is 3. The highest BCUT2D eigenvalue weighted by atomic mass is 19.1. The first-order valence-corrected chi connectivity index (χ1v) is 9.51. The number of hydrogen-bond donors (Lipinski definition) is 1. The molecule has 6 heteroatoms. The molecule has 1 aliphatic heterocycles. The Hall–Kier alpha value is -3.02. The molecule has 1 aromatic heterocycles. The quantitative estimate of drug-likeness (QED) is 0.730. The fraction of sp³-hybridized carbons (Fsp3) is 0.318. The van der Waals surface area contributed by atoms with Crippen LogP contribution in [0.4, 0.5) is 15.8 Å². The van der Waals surface area contributed by atoms with Crippen molar-refractivity contribution in [1.29, 1.82) is 0 Å². The zero-order valence-corrected chi connectivity index (χ0v) is 16.3. The van der Waals surface area contributed by atoms with E-state index < -0.39 is 11.7 Å². The van der Waals surface area contributed by atoms with Gasteiger partial charge in [-0.1, -0.05) is 6.92 Å². The highest BCUT2D eigenvalue weighted by Gasteiger charge is 2.19. The van der Waals surface area contributed by atoms with E-state index in [1.54, 1.807) is 0 Å². The topological polar surface area (TPSA) is 58.1 Å². The minimum absolute atomic E-state index is 0.183. The number of aryl methyl sites for hydroxylation is 2. The van der Waals surface area contributed by atoms with Crippen LogP contribution in [-0.4, -0.2) is 29.0 Å². The number of nitrogens with one attached hydrogen (secondary N) is 1. The van der Waals surface area contributed by atoms with E-state index in [9.17, 15) is 9.18 Å². The maximum Gasteiger partial charge on any atom is 0.258 e. The minimum Gasteiger partial charge on any atom is -0.371 e. The van der Waals surface area contributed by atoms with Crippen LogP contribution in [-0.2, 0) is 0 Å². The summed E-state index contributed by atoms with van der Waals surface area (Å²) in [6, 6.07) is 10.3. The van der Waals surface area contributed by atoms with E-state index in [0.29, 0.717) is 22.6 Å². The summed E-state index contributed by atoms with van der Waals surface area (Å²) >= 11 is 0. The monoisotopic (exact) mass is 378 g/mol. The Morgan fingerprint density at radius 3 is 2.54 bits per heavy atom. The molecule has 3 aromatic rings. The van der Waals surface area contributed by atoms with Gasteiger partial charge in [-0.3, -0.25) is 4.79 Å². The minimum atomic E-state index is -0.506. The van der Waals surface area contributed by atoms with Gasteiger partial charge < -0.3 is 10.2 Å². The van der Waals surface area contributed by atoms with E-state index in [1.165, 1.54) is 18.6 Å². The molecule has 0 aliphatic carbocycles. The summed E-state index contributed by atoms with van der Waals surface area (Å²) in [4.78, 5) is 24.0. The zero-order chi connectivity index (χ0) is 19.8. The van der Waals surface area contributed by atoms with Crippen LogP contribution in [0.25, 0.3) is 11.0 Å². The molecule has 0 bridgehead atoms.